The number of ether oxygens (including phenoxy) is 1. The first kappa shape index (κ1) is 12.3. The van der Waals surface area contributed by atoms with Crippen LogP contribution in [0.15, 0.2) is 18.2 Å². The van der Waals surface area contributed by atoms with Gasteiger partial charge in [-0.15, -0.1) is 0 Å². The Kier molecular flexibility index (Phi) is 3.93. The van der Waals surface area contributed by atoms with Crippen LogP contribution in [-0.4, -0.2) is 13.2 Å². The molecule has 0 aliphatic heterocycles. The maximum Gasteiger partial charge on any atom is 0.119 e. The maximum absolute atomic E-state index is 5.23. The van der Waals surface area contributed by atoms with Crippen molar-refractivity contribution in [2.24, 2.45) is 5.92 Å². The maximum atomic E-state index is 5.23. The summed E-state index contributed by atoms with van der Waals surface area (Å²) in [5.41, 5.74) is 2.53. The fourth-order valence-corrected chi connectivity index (χ4v) is 2.84. The molecule has 2 nitrogen and oxygen atoms in total. The van der Waals surface area contributed by atoms with Gasteiger partial charge in [0.2, 0.25) is 0 Å². The van der Waals surface area contributed by atoms with Crippen molar-refractivity contribution in [3.8, 4) is 5.75 Å². The van der Waals surface area contributed by atoms with E-state index in [2.05, 4.69) is 31.3 Å². The number of hydrogen-bond acceptors (Lipinski definition) is 2. The van der Waals surface area contributed by atoms with Crippen molar-refractivity contribution in [1.82, 2.24) is 0 Å². The van der Waals surface area contributed by atoms with Gasteiger partial charge in [-0.25, -0.2) is 0 Å². The van der Waals surface area contributed by atoms with Gasteiger partial charge >= 0.3 is 0 Å². The fourth-order valence-electron chi connectivity index (χ4n) is 2.84. The van der Waals surface area contributed by atoms with E-state index < -0.39 is 0 Å². The van der Waals surface area contributed by atoms with E-state index in [1.807, 2.05) is 6.07 Å². The minimum atomic E-state index is 0.659. The monoisotopic (exact) mass is 233 g/mol. The van der Waals surface area contributed by atoms with Crippen LogP contribution < -0.4 is 10.1 Å². The molecule has 2 unspecified atom stereocenters. The molecule has 1 aliphatic rings. The van der Waals surface area contributed by atoms with Crippen molar-refractivity contribution in [1.29, 1.82) is 0 Å². The Balaban J connectivity index is 2.08. The molecule has 1 aromatic rings. The molecule has 17 heavy (non-hydrogen) atoms. The highest BCUT2D eigenvalue weighted by Crippen LogP contribution is 2.32. The zero-order valence-electron chi connectivity index (χ0n) is 11.1. The highest BCUT2D eigenvalue weighted by Gasteiger charge is 2.25. The summed E-state index contributed by atoms with van der Waals surface area (Å²) < 4.78 is 5.23. The van der Waals surface area contributed by atoms with Gasteiger partial charge in [0.25, 0.3) is 0 Å². The summed E-state index contributed by atoms with van der Waals surface area (Å²) >= 11 is 0. The van der Waals surface area contributed by atoms with E-state index in [0.717, 1.165) is 11.7 Å². The Morgan fingerprint density at radius 3 is 2.82 bits per heavy atom. The predicted octanol–water partition coefficient (Wildman–Crippen LogP) is 3.99. The van der Waals surface area contributed by atoms with Crippen molar-refractivity contribution in [3.63, 3.8) is 0 Å². The van der Waals surface area contributed by atoms with Crippen molar-refractivity contribution in [2.75, 3.05) is 12.4 Å². The molecule has 0 amide bonds. The number of methoxy groups -OCH3 is 1. The Hall–Kier alpha value is -1.18. The van der Waals surface area contributed by atoms with Gasteiger partial charge in [-0.2, -0.15) is 0 Å². The Bertz CT molecular complexity index is 375. The molecule has 0 bridgehead atoms. The van der Waals surface area contributed by atoms with Gasteiger partial charge in [0, 0.05) is 11.7 Å². The molecule has 1 saturated carbocycles. The number of rotatable bonds is 4. The second-order valence-corrected chi connectivity index (χ2v) is 5.03. The second kappa shape index (κ2) is 5.44. The summed E-state index contributed by atoms with van der Waals surface area (Å²) in [6.07, 6.45) is 5.34. The van der Waals surface area contributed by atoms with Crippen molar-refractivity contribution < 1.29 is 4.74 Å². The summed E-state index contributed by atoms with van der Waals surface area (Å²) in [5, 5.41) is 3.71. The normalized spacial score (nSPS) is 23.7. The molecule has 0 spiro atoms. The molecule has 1 fully saturated rings. The van der Waals surface area contributed by atoms with Gasteiger partial charge in [-0.3, -0.25) is 0 Å². The van der Waals surface area contributed by atoms with Gasteiger partial charge in [0.05, 0.1) is 7.11 Å². The van der Waals surface area contributed by atoms with Crippen LogP contribution in [0.2, 0.25) is 0 Å². The predicted molar refractivity (Wildman–Crippen MR) is 72.8 cm³/mol. The second-order valence-electron chi connectivity index (χ2n) is 5.03. The minimum Gasteiger partial charge on any atom is -0.497 e. The molecular weight excluding hydrogens is 210 g/mol. The van der Waals surface area contributed by atoms with Gasteiger partial charge in [-0.1, -0.05) is 19.8 Å². The quantitative estimate of drug-likeness (QED) is 0.849. The van der Waals surface area contributed by atoms with Gasteiger partial charge in [-0.05, 0) is 49.4 Å². The molecule has 2 rings (SSSR count). The number of hydrogen-bond donors (Lipinski definition) is 1. The summed E-state index contributed by atoms with van der Waals surface area (Å²) in [6, 6.07) is 6.93. The molecule has 1 aliphatic carbocycles. The topological polar surface area (TPSA) is 21.3 Å². The minimum absolute atomic E-state index is 0.659. The van der Waals surface area contributed by atoms with E-state index >= 15 is 0 Å². The molecule has 94 valence electrons. The lowest BCUT2D eigenvalue weighted by molar-refractivity contribution is 0.414. The summed E-state index contributed by atoms with van der Waals surface area (Å²) in [6.45, 7) is 4.44. The third kappa shape index (κ3) is 2.74. The molecule has 2 heteroatoms. The summed E-state index contributed by atoms with van der Waals surface area (Å²) in [4.78, 5) is 0. The van der Waals surface area contributed by atoms with Crippen molar-refractivity contribution >= 4 is 5.69 Å². The number of aryl methyl sites for hydroxylation is 1. The standard InChI is InChI=1S/C15H23NO/c1-4-12-6-5-7-15(12)16-14-9-8-13(17-3)10-11(14)2/h8-10,12,15-16H,4-7H2,1-3H3. The molecule has 0 heterocycles. The van der Waals surface area contributed by atoms with Crippen LogP contribution in [0, 0.1) is 12.8 Å². The molecular formula is C15H23NO. The summed E-state index contributed by atoms with van der Waals surface area (Å²) in [5.74, 6) is 1.78. The van der Waals surface area contributed by atoms with Crippen LogP contribution in [0.3, 0.4) is 0 Å². The average molecular weight is 233 g/mol. The van der Waals surface area contributed by atoms with E-state index in [0.29, 0.717) is 6.04 Å². The molecule has 0 radical (unpaired) electrons. The van der Waals surface area contributed by atoms with Crippen LogP contribution in [0.4, 0.5) is 5.69 Å². The van der Waals surface area contributed by atoms with Gasteiger partial charge in [0.1, 0.15) is 5.75 Å². The average Bonchev–Trinajstić information content (AvgIpc) is 2.79. The molecule has 1 aromatic carbocycles. The zero-order chi connectivity index (χ0) is 12.3. The highest BCUT2D eigenvalue weighted by atomic mass is 16.5. The third-order valence-electron chi connectivity index (χ3n) is 3.96. The van der Waals surface area contributed by atoms with Gasteiger partial charge < -0.3 is 10.1 Å². The largest absolute Gasteiger partial charge is 0.497 e. The highest BCUT2D eigenvalue weighted by molar-refractivity contribution is 5.54. The Morgan fingerprint density at radius 2 is 2.18 bits per heavy atom. The summed E-state index contributed by atoms with van der Waals surface area (Å²) in [7, 11) is 1.71. The Labute approximate surface area is 104 Å². The first-order chi connectivity index (χ1) is 8.24. The number of anilines is 1. The van der Waals surface area contributed by atoms with Crippen LogP contribution in [0.25, 0.3) is 0 Å². The van der Waals surface area contributed by atoms with E-state index in [9.17, 15) is 0 Å². The zero-order valence-corrected chi connectivity index (χ0v) is 11.1. The third-order valence-corrected chi connectivity index (χ3v) is 3.96. The number of benzene rings is 1. The van der Waals surface area contributed by atoms with E-state index in [-0.39, 0.29) is 0 Å². The lowest BCUT2D eigenvalue weighted by Crippen LogP contribution is -2.23. The lowest BCUT2D eigenvalue weighted by Gasteiger charge is -2.22. The van der Waals surface area contributed by atoms with E-state index in [4.69, 9.17) is 4.74 Å². The first-order valence-corrected chi connectivity index (χ1v) is 6.65. The lowest BCUT2D eigenvalue weighted by atomic mass is 10.00. The Morgan fingerprint density at radius 1 is 1.35 bits per heavy atom. The van der Waals surface area contributed by atoms with E-state index in [1.54, 1.807) is 7.11 Å². The van der Waals surface area contributed by atoms with Crippen LogP contribution in [0.5, 0.6) is 5.75 Å². The van der Waals surface area contributed by atoms with Crippen LogP contribution >= 0.6 is 0 Å². The SMILES string of the molecule is CCC1CCCC1Nc1ccc(OC)cc1C. The fraction of sp³-hybridized carbons (Fsp3) is 0.600. The van der Waals surface area contributed by atoms with Gasteiger partial charge in [0.15, 0.2) is 0 Å². The van der Waals surface area contributed by atoms with Crippen LogP contribution in [-0.2, 0) is 0 Å². The van der Waals surface area contributed by atoms with Crippen molar-refractivity contribution in [3.05, 3.63) is 23.8 Å². The molecule has 0 saturated heterocycles. The van der Waals surface area contributed by atoms with Crippen molar-refractivity contribution in [2.45, 2.75) is 45.6 Å². The molecule has 0 aromatic heterocycles. The number of nitrogens with one attached hydrogen (secondary N) is 1. The van der Waals surface area contributed by atoms with E-state index in [1.165, 1.54) is 36.9 Å². The molecule has 2 atom stereocenters. The first-order valence-electron chi connectivity index (χ1n) is 6.65. The molecule has 1 N–H and O–H groups in total. The smallest absolute Gasteiger partial charge is 0.119 e. The van der Waals surface area contributed by atoms with Crippen LogP contribution in [0.1, 0.15) is 38.2 Å².